The van der Waals surface area contributed by atoms with E-state index in [2.05, 4.69) is 15.1 Å². The van der Waals surface area contributed by atoms with Gasteiger partial charge in [0.15, 0.2) is 0 Å². The molecule has 128 valence electrons. The molecule has 2 aromatic rings. The molecule has 0 aliphatic carbocycles. The summed E-state index contributed by atoms with van der Waals surface area (Å²) in [7, 11) is 0. The van der Waals surface area contributed by atoms with Gasteiger partial charge in [0.1, 0.15) is 17.7 Å². The Hall–Kier alpha value is -3.15. The third-order valence-corrected chi connectivity index (χ3v) is 4.26. The Balaban J connectivity index is 1.45. The third-order valence-electron chi connectivity index (χ3n) is 4.26. The molecule has 9 heteroatoms. The van der Waals surface area contributed by atoms with Crippen molar-refractivity contribution < 1.29 is 14.3 Å². The number of likely N-dealkylation sites (tertiary alicyclic amines) is 1. The van der Waals surface area contributed by atoms with Crippen LogP contribution in [0.15, 0.2) is 18.6 Å². The lowest BCUT2D eigenvalue weighted by Crippen LogP contribution is -2.31. The summed E-state index contributed by atoms with van der Waals surface area (Å²) in [6.07, 6.45) is 5.82. The fourth-order valence-electron chi connectivity index (χ4n) is 3.04. The second kappa shape index (κ2) is 6.39. The lowest BCUT2D eigenvalue weighted by molar-refractivity contribution is 0.0764. The van der Waals surface area contributed by atoms with E-state index in [0.29, 0.717) is 37.6 Å². The van der Waals surface area contributed by atoms with Crippen molar-refractivity contribution in [2.24, 2.45) is 0 Å². The first-order valence-corrected chi connectivity index (χ1v) is 8.12. The second-order valence-corrected chi connectivity index (χ2v) is 5.89. The molecule has 1 saturated heterocycles. The van der Waals surface area contributed by atoms with Gasteiger partial charge in [0.05, 0.1) is 19.3 Å². The van der Waals surface area contributed by atoms with Crippen LogP contribution in [0.2, 0.25) is 0 Å². The molecule has 2 aromatic heterocycles. The van der Waals surface area contributed by atoms with Crippen molar-refractivity contribution in [2.45, 2.75) is 25.5 Å². The molecule has 2 aliphatic heterocycles. The van der Waals surface area contributed by atoms with E-state index in [-0.39, 0.29) is 23.6 Å². The van der Waals surface area contributed by atoms with E-state index in [1.165, 1.54) is 12.4 Å². The lowest BCUT2D eigenvalue weighted by atomic mass is 10.3. The molecular formula is C16H16N6O3. The highest BCUT2D eigenvalue weighted by Crippen LogP contribution is 2.26. The Labute approximate surface area is 143 Å². The molecule has 0 unspecified atom stereocenters. The normalized spacial score (nSPS) is 19.0. The summed E-state index contributed by atoms with van der Waals surface area (Å²) in [5.74, 6) is 0.630. The van der Waals surface area contributed by atoms with E-state index in [4.69, 9.17) is 14.7 Å². The Kier molecular flexibility index (Phi) is 3.93. The number of hydrogen-bond acceptors (Lipinski definition) is 7. The van der Waals surface area contributed by atoms with Crippen molar-refractivity contribution in [1.29, 1.82) is 5.26 Å². The van der Waals surface area contributed by atoms with Gasteiger partial charge in [0.25, 0.3) is 11.8 Å². The fraction of sp³-hybridized carbons (Fsp3) is 0.438. The zero-order valence-corrected chi connectivity index (χ0v) is 13.5. The minimum absolute atomic E-state index is 0.117. The molecule has 4 heterocycles. The van der Waals surface area contributed by atoms with E-state index in [0.717, 1.165) is 13.0 Å². The van der Waals surface area contributed by atoms with Gasteiger partial charge >= 0.3 is 0 Å². The first-order chi connectivity index (χ1) is 12.3. The topological polar surface area (TPSA) is 106 Å². The van der Waals surface area contributed by atoms with E-state index < -0.39 is 0 Å². The van der Waals surface area contributed by atoms with Crippen LogP contribution in [0.1, 0.15) is 28.9 Å². The molecule has 1 fully saturated rings. The van der Waals surface area contributed by atoms with E-state index in [9.17, 15) is 4.79 Å². The van der Waals surface area contributed by atoms with Crippen LogP contribution in [0.3, 0.4) is 0 Å². The summed E-state index contributed by atoms with van der Waals surface area (Å²) in [4.78, 5) is 22.4. The number of nitrogens with zero attached hydrogens (tertiary/aromatic N) is 6. The Bertz CT molecular complexity index is 843. The third kappa shape index (κ3) is 2.87. The maximum absolute atomic E-state index is 12.8. The summed E-state index contributed by atoms with van der Waals surface area (Å²) in [5, 5.41) is 13.3. The Morgan fingerprint density at radius 3 is 3.12 bits per heavy atom. The van der Waals surface area contributed by atoms with Gasteiger partial charge < -0.3 is 14.4 Å². The molecule has 9 nitrogen and oxygen atoms in total. The van der Waals surface area contributed by atoms with Crippen LogP contribution < -0.4 is 9.47 Å². The van der Waals surface area contributed by atoms with Gasteiger partial charge in [-0.2, -0.15) is 10.4 Å². The van der Waals surface area contributed by atoms with Crippen molar-refractivity contribution in [2.75, 3.05) is 19.7 Å². The number of nitriles is 1. The van der Waals surface area contributed by atoms with E-state index in [1.54, 1.807) is 15.8 Å². The number of carbonyl (C=O) groups excluding carboxylic acids is 1. The van der Waals surface area contributed by atoms with Gasteiger partial charge in [-0.15, -0.1) is 0 Å². The largest absolute Gasteiger partial charge is 0.477 e. The number of carbonyl (C=O) groups is 1. The van der Waals surface area contributed by atoms with Gasteiger partial charge in [-0.1, -0.05) is 0 Å². The van der Waals surface area contributed by atoms with Gasteiger partial charge in [-0.3, -0.25) is 4.79 Å². The summed E-state index contributed by atoms with van der Waals surface area (Å²) in [6.45, 7) is 2.35. The Morgan fingerprint density at radius 2 is 2.24 bits per heavy atom. The molecule has 1 atom stereocenters. The summed E-state index contributed by atoms with van der Waals surface area (Å²) in [6, 6.07) is 1.95. The summed E-state index contributed by atoms with van der Waals surface area (Å²) >= 11 is 0. The molecule has 0 spiro atoms. The number of fused-ring (bicyclic) bond motifs is 1. The van der Waals surface area contributed by atoms with Crippen molar-refractivity contribution in [3.05, 3.63) is 29.8 Å². The van der Waals surface area contributed by atoms with Crippen molar-refractivity contribution in [3.8, 4) is 17.8 Å². The quantitative estimate of drug-likeness (QED) is 0.806. The first-order valence-electron chi connectivity index (χ1n) is 8.12. The zero-order chi connectivity index (χ0) is 17.2. The highest BCUT2D eigenvalue weighted by Gasteiger charge is 2.32. The molecule has 0 aromatic carbocycles. The molecule has 4 rings (SSSR count). The van der Waals surface area contributed by atoms with Gasteiger partial charge in [-0.05, 0) is 0 Å². The van der Waals surface area contributed by atoms with Crippen molar-refractivity contribution in [3.63, 3.8) is 0 Å². The van der Waals surface area contributed by atoms with Gasteiger partial charge in [0, 0.05) is 38.3 Å². The predicted octanol–water partition coefficient (Wildman–Crippen LogP) is 0.621. The average molecular weight is 340 g/mol. The van der Waals surface area contributed by atoms with Crippen LogP contribution in [-0.4, -0.2) is 56.4 Å². The van der Waals surface area contributed by atoms with E-state index in [1.807, 2.05) is 6.07 Å². The van der Waals surface area contributed by atoms with Crippen LogP contribution in [0.4, 0.5) is 0 Å². The smallest absolute Gasteiger partial charge is 0.261 e. The van der Waals surface area contributed by atoms with Gasteiger partial charge in [-0.25, -0.2) is 14.6 Å². The molecule has 25 heavy (non-hydrogen) atoms. The minimum atomic E-state index is -0.222. The highest BCUT2D eigenvalue weighted by molar-refractivity contribution is 5.96. The zero-order valence-electron chi connectivity index (χ0n) is 13.5. The lowest BCUT2D eigenvalue weighted by Gasteiger charge is -2.19. The number of hydrogen-bond donors (Lipinski definition) is 0. The predicted molar refractivity (Wildman–Crippen MR) is 84.0 cm³/mol. The SMILES string of the molecule is N#Cc1nccnc1O[C@@H]1CCN(C(=O)c2cnn3c2OCCC3)C1. The van der Waals surface area contributed by atoms with Crippen LogP contribution in [-0.2, 0) is 6.54 Å². The molecule has 1 amide bonds. The average Bonchev–Trinajstić information content (AvgIpc) is 3.28. The number of ether oxygens (including phenoxy) is 2. The van der Waals surface area contributed by atoms with Crippen LogP contribution >= 0.6 is 0 Å². The number of rotatable bonds is 3. The number of aryl methyl sites for hydroxylation is 1. The Morgan fingerprint density at radius 1 is 1.36 bits per heavy atom. The van der Waals surface area contributed by atoms with Crippen LogP contribution in [0, 0.1) is 11.3 Å². The van der Waals surface area contributed by atoms with Crippen LogP contribution in [0.25, 0.3) is 0 Å². The maximum atomic E-state index is 12.8. The highest BCUT2D eigenvalue weighted by atomic mass is 16.5. The molecule has 0 saturated carbocycles. The molecule has 0 N–H and O–H groups in total. The molecule has 2 aliphatic rings. The van der Waals surface area contributed by atoms with Crippen LogP contribution in [0.5, 0.6) is 11.8 Å². The van der Waals surface area contributed by atoms with Crippen molar-refractivity contribution in [1.82, 2.24) is 24.6 Å². The number of amides is 1. The standard InChI is InChI=1S/C16H16N6O3/c17-8-13-14(19-4-3-18-13)25-11-2-6-21(10-11)15(23)12-9-20-22-5-1-7-24-16(12)22/h3-4,9,11H,1-2,5-7,10H2/t11-/m1/s1. The monoisotopic (exact) mass is 340 g/mol. The summed E-state index contributed by atoms with van der Waals surface area (Å²) < 4.78 is 13.1. The summed E-state index contributed by atoms with van der Waals surface area (Å²) in [5.41, 5.74) is 0.629. The minimum Gasteiger partial charge on any atom is -0.477 e. The molecule has 0 bridgehead atoms. The second-order valence-electron chi connectivity index (χ2n) is 5.89. The number of aromatic nitrogens is 4. The fourth-order valence-corrected chi connectivity index (χ4v) is 3.04. The van der Waals surface area contributed by atoms with Gasteiger partial charge in [0.2, 0.25) is 11.6 Å². The molecule has 0 radical (unpaired) electrons. The molecular weight excluding hydrogens is 324 g/mol. The first kappa shape index (κ1) is 15.4. The van der Waals surface area contributed by atoms with E-state index >= 15 is 0 Å². The maximum Gasteiger partial charge on any atom is 0.261 e. The van der Waals surface area contributed by atoms with Crippen molar-refractivity contribution >= 4 is 5.91 Å².